The van der Waals surface area contributed by atoms with E-state index < -0.39 is 11.6 Å². The number of rotatable bonds is 5. The molecule has 176 valence electrons. The summed E-state index contributed by atoms with van der Waals surface area (Å²) in [5.74, 6) is 0.465. The topological polar surface area (TPSA) is 89.9 Å². The molecule has 4 aromatic rings. The molecule has 2 N–H and O–H groups in total. The number of nitrogens with two attached hydrogens (primary N) is 1. The number of thioether (sulfide) groups is 1. The van der Waals surface area contributed by atoms with Crippen LogP contribution in [0.4, 0.5) is 0 Å². The highest BCUT2D eigenvalue weighted by molar-refractivity contribution is 8.01. The average Bonchev–Trinajstić information content (AvgIpc) is 3.47. The maximum absolute atomic E-state index is 12.7. The molecule has 2 saturated heterocycles. The fraction of sp³-hybridized carbons (Fsp3) is 0.259. The van der Waals surface area contributed by atoms with E-state index in [0.717, 1.165) is 16.7 Å². The lowest BCUT2D eigenvalue weighted by molar-refractivity contribution is -0.147. The van der Waals surface area contributed by atoms with Gasteiger partial charge in [0.05, 0.1) is 0 Å². The Kier molecular flexibility index (Phi) is 5.05. The van der Waals surface area contributed by atoms with Crippen molar-refractivity contribution < 1.29 is 4.79 Å². The number of hydrogen-bond donors (Lipinski definition) is 1. The van der Waals surface area contributed by atoms with E-state index in [9.17, 15) is 4.79 Å². The molecule has 0 spiro atoms. The second-order valence-corrected chi connectivity index (χ2v) is 11.3. The van der Waals surface area contributed by atoms with Crippen LogP contribution in [0.1, 0.15) is 42.4 Å². The Morgan fingerprint density at radius 3 is 1.83 bits per heavy atom. The molecule has 6 rings (SSSR count). The minimum atomic E-state index is -0.848. The molecule has 1 amide bonds. The summed E-state index contributed by atoms with van der Waals surface area (Å²) >= 11 is 1.70. The van der Waals surface area contributed by atoms with Gasteiger partial charge in [0.15, 0.2) is 11.4 Å². The third kappa shape index (κ3) is 3.17. The van der Waals surface area contributed by atoms with Crippen molar-refractivity contribution in [2.45, 2.75) is 41.6 Å². The number of nitrogens with zero attached hydrogens (tertiary/aromatic N) is 5. The molecule has 2 aliphatic heterocycles. The van der Waals surface area contributed by atoms with Crippen LogP contribution in [0.15, 0.2) is 91.0 Å². The smallest absolute Gasteiger partial charge is 0.244 e. The summed E-state index contributed by atoms with van der Waals surface area (Å²) in [6.45, 7) is 4.22. The Balaban J connectivity index is 1.57. The van der Waals surface area contributed by atoms with E-state index in [4.69, 9.17) is 10.8 Å². The summed E-state index contributed by atoms with van der Waals surface area (Å²) < 4.78 is -0.294. The number of aromatic nitrogens is 4. The van der Waals surface area contributed by atoms with Crippen LogP contribution in [-0.4, -0.2) is 47.2 Å². The number of carbonyl (C=O) groups is 1. The number of hydrogen-bond acceptors (Lipinski definition) is 6. The van der Waals surface area contributed by atoms with E-state index in [1.165, 1.54) is 0 Å². The van der Waals surface area contributed by atoms with Crippen molar-refractivity contribution in [3.05, 3.63) is 114 Å². The maximum atomic E-state index is 12.7. The van der Waals surface area contributed by atoms with Gasteiger partial charge in [0.1, 0.15) is 17.5 Å². The van der Waals surface area contributed by atoms with Crippen molar-refractivity contribution >= 4 is 17.7 Å². The van der Waals surface area contributed by atoms with Gasteiger partial charge in [-0.3, -0.25) is 4.79 Å². The van der Waals surface area contributed by atoms with Gasteiger partial charge in [-0.2, -0.15) is 0 Å². The van der Waals surface area contributed by atoms with Crippen molar-refractivity contribution in [3.8, 4) is 0 Å². The fourth-order valence-electron chi connectivity index (χ4n) is 5.42. The van der Waals surface area contributed by atoms with Crippen LogP contribution in [0.5, 0.6) is 0 Å². The highest BCUT2D eigenvalue weighted by Crippen LogP contribution is 2.56. The molecule has 3 aromatic carbocycles. The zero-order valence-corrected chi connectivity index (χ0v) is 20.3. The fourth-order valence-corrected chi connectivity index (χ4v) is 6.99. The first kappa shape index (κ1) is 22.0. The first-order chi connectivity index (χ1) is 16.9. The summed E-state index contributed by atoms with van der Waals surface area (Å²) in [5.41, 5.74) is 8.30. The van der Waals surface area contributed by atoms with Gasteiger partial charge in [-0.1, -0.05) is 91.0 Å². The van der Waals surface area contributed by atoms with Crippen molar-refractivity contribution in [2.24, 2.45) is 5.73 Å². The highest BCUT2D eigenvalue weighted by atomic mass is 32.2. The third-order valence-electron chi connectivity index (χ3n) is 7.03. The predicted molar refractivity (Wildman–Crippen MR) is 135 cm³/mol. The molecule has 0 aliphatic carbocycles. The van der Waals surface area contributed by atoms with E-state index in [-0.39, 0.29) is 22.1 Å². The Morgan fingerprint density at radius 2 is 1.34 bits per heavy atom. The molecule has 3 unspecified atom stereocenters. The number of carbonyl (C=O) groups excluding carboxylic acids is 1. The molecule has 35 heavy (non-hydrogen) atoms. The number of amides is 1. The molecule has 7 nitrogen and oxygen atoms in total. The van der Waals surface area contributed by atoms with Crippen LogP contribution in [-0.2, 0) is 10.3 Å². The quantitative estimate of drug-likeness (QED) is 0.346. The van der Waals surface area contributed by atoms with Crippen LogP contribution in [0, 0.1) is 0 Å². The first-order valence-electron chi connectivity index (χ1n) is 11.7. The predicted octanol–water partition coefficient (Wildman–Crippen LogP) is 3.58. The minimum Gasteiger partial charge on any atom is -0.317 e. The van der Waals surface area contributed by atoms with Gasteiger partial charge < -0.3 is 10.6 Å². The Hall–Kier alpha value is -3.49. The van der Waals surface area contributed by atoms with Gasteiger partial charge in [-0.15, -0.1) is 26.8 Å². The van der Waals surface area contributed by atoms with E-state index in [1.54, 1.807) is 16.6 Å². The largest absolute Gasteiger partial charge is 0.317 e. The molecule has 0 saturated carbocycles. The molecule has 2 fully saturated rings. The molecule has 3 atom stereocenters. The van der Waals surface area contributed by atoms with Crippen LogP contribution in [0.25, 0.3) is 0 Å². The molecular weight excluding hydrogens is 456 g/mol. The Bertz CT molecular complexity index is 1260. The lowest BCUT2D eigenvalue weighted by atomic mass is 9.77. The van der Waals surface area contributed by atoms with Crippen LogP contribution in [0.3, 0.4) is 0 Å². The van der Waals surface area contributed by atoms with E-state index in [1.807, 2.05) is 59.5 Å². The first-order valence-corrected chi connectivity index (χ1v) is 12.5. The van der Waals surface area contributed by atoms with Gasteiger partial charge in [-0.05, 0) is 35.8 Å². The zero-order valence-electron chi connectivity index (χ0n) is 19.5. The van der Waals surface area contributed by atoms with Gasteiger partial charge >= 0.3 is 0 Å². The van der Waals surface area contributed by atoms with Crippen molar-refractivity contribution in [1.29, 1.82) is 0 Å². The standard InChI is InChI=1S/C27H26N6OS/c1-26(2)22(32-24(34)21(28)25(32)35-26)23-29-31-33(30-23)27(18-12-6-3-7-13-18,19-14-8-4-9-15-19)20-16-10-5-11-17-20/h3-17,21-22,25H,28H2,1-2H3. The summed E-state index contributed by atoms with van der Waals surface area (Å²) in [6.07, 6.45) is 0. The number of benzene rings is 3. The Labute approximate surface area is 208 Å². The van der Waals surface area contributed by atoms with Gasteiger partial charge in [0, 0.05) is 4.75 Å². The number of tetrazole rings is 1. The molecule has 2 aliphatic rings. The number of β-lactam (4-membered cyclic amide) rings is 1. The zero-order chi connectivity index (χ0) is 24.2. The third-order valence-corrected chi connectivity index (χ3v) is 8.62. The summed E-state index contributed by atoms with van der Waals surface area (Å²) in [5, 5.41) is 14.2. The van der Waals surface area contributed by atoms with Crippen molar-refractivity contribution in [1.82, 2.24) is 25.1 Å². The van der Waals surface area contributed by atoms with E-state index in [2.05, 4.69) is 60.6 Å². The average molecular weight is 483 g/mol. The molecule has 0 bridgehead atoms. The lowest BCUT2D eigenvalue weighted by Gasteiger charge is -2.42. The van der Waals surface area contributed by atoms with Crippen LogP contribution < -0.4 is 5.73 Å². The summed E-state index contributed by atoms with van der Waals surface area (Å²) in [4.78, 5) is 16.2. The second kappa shape index (κ2) is 8.03. The number of fused-ring (bicyclic) bond motifs is 1. The SMILES string of the molecule is CC1(C)SC2C(N)C(=O)N2C1c1nnn(C(c2ccccc2)(c2ccccc2)c2ccccc2)n1. The normalized spacial score (nSPS) is 23.1. The van der Waals surface area contributed by atoms with Crippen molar-refractivity contribution in [2.75, 3.05) is 0 Å². The lowest BCUT2D eigenvalue weighted by Crippen LogP contribution is -2.65. The van der Waals surface area contributed by atoms with E-state index >= 15 is 0 Å². The van der Waals surface area contributed by atoms with Gasteiger partial charge in [0.25, 0.3) is 0 Å². The van der Waals surface area contributed by atoms with E-state index in [0.29, 0.717) is 5.82 Å². The minimum absolute atomic E-state index is 0.0587. The molecule has 0 radical (unpaired) electrons. The molecular formula is C27H26N6OS. The van der Waals surface area contributed by atoms with Gasteiger partial charge in [0.2, 0.25) is 5.91 Å². The summed E-state index contributed by atoms with van der Waals surface area (Å²) in [7, 11) is 0. The maximum Gasteiger partial charge on any atom is 0.244 e. The van der Waals surface area contributed by atoms with Gasteiger partial charge in [-0.25, -0.2) is 0 Å². The molecule has 1 aromatic heterocycles. The van der Waals surface area contributed by atoms with Crippen LogP contribution in [0.2, 0.25) is 0 Å². The van der Waals surface area contributed by atoms with Crippen molar-refractivity contribution in [3.63, 3.8) is 0 Å². The monoisotopic (exact) mass is 482 g/mol. The Morgan fingerprint density at radius 1 is 0.857 bits per heavy atom. The highest BCUT2D eigenvalue weighted by Gasteiger charge is 2.62. The molecule has 3 heterocycles. The van der Waals surface area contributed by atoms with Crippen LogP contribution >= 0.6 is 11.8 Å². The second-order valence-electron chi connectivity index (χ2n) is 9.53. The molecule has 8 heteroatoms. The summed E-state index contributed by atoms with van der Waals surface area (Å²) in [6, 6.07) is 29.9.